The summed E-state index contributed by atoms with van der Waals surface area (Å²) in [7, 11) is -3.81. The van der Waals surface area contributed by atoms with Gasteiger partial charge in [-0.1, -0.05) is 11.8 Å². The smallest absolute Gasteiger partial charge is 0.244 e. The van der Waals surface area contributed by atoms with Crippen LogP contribution in [0, 0.1) is 0 Å². The fourth-order valence-electron chi connectivity index (χ4n) is 3.21. The molecule has 1 atom stereocenters. The third kappa shape index (κ3) is 3.28. The number of nitrogens with zero attached hydrogens (tertiary/aromatic N) is 2. The molecular weight excluding hydrogens is 378 g/mol. The summed E-state index contributed by atoms with van der Waals surface area (Å²) in [5, 5.41) is 3.32. The van der Waals surface area contributed by atoms with Gasteiger partial charge in [0.2, 0.25) is 15.9 Å². The molecular formula is C16H19N3O5S2. The molecule has 8 nitrogen and oxygen atoms in total. The van der Waals surface area contributed by atoms with E-state index >= 15 is 0 Å². The Hall–Kier alpha value is -1.78. The molecule has 26 heavy (non-hydrogen) atoms. The normalized spacial score (nSPS) is 22.9. The van der Waals surface area contributed by atoms with E-state index < -0.39 is 16.1 Å². The van der Waals surface area contributed by atoms with Gasteiger partial charge in [-0.05, 0) is 25.0 Å². The van der Waals surface area contributed by atoms with E-state index in [0.717, 1.165) is 5.75 Å². The Bertz CT molecular complexity index is 855. The SMILES string of the molecule is O=C(NC1=NCCS1)[C@H]1CCCN1S(=O)(=O)c1ccc2c(c1)OCCO2. The van der Waals surface area contributed by atoms with Crippen LogP contribution in [0.4, 0.5) is 0 Å². The van der Waals surface area contributed by atoms with Gasteiger partial charge in [0, 0.05) is 18.4 Å². The number of amidine groups is 1. The van der Waals surface area contributed by atoms with Crippen LogP contribution in [0.25, 0.3) is 0 Å². The van der Waals surface area contributed by atoms with Crippen LogP contribution in [-0.4, -0.2) is 61.9 Å². The molecule has 3 heterocycles. The zero-order chi connectivity index (χ0) is 18.1. The minimum atomic E-state index is -3.81. The summed E-state index contributed by atoms with van der Waals surface area (Å²) >= 11 is 1.47. The number of carbonyl (C=O) groups excluding carboxylic acids is 1. The first-order chi connectivity index (χ1) is 12.6. The predicted molar refractivity (Wildman–Crippen MR) is 97.2 cm³/mol. The van der Waals surface area contributed by atoms with E-state index in [9.17, 15) is 13.2 Å². The minimum absolute atomic E-state index is 0.106. The first kappa shape index (κ1) is 17.6. The number of rotatable bonds is 3. The van der Waals surface area contributed by atoms with Crippen LogP contribution < -0.4 is 14.8 Å². The number of ether oxygens (including phenoxy) is 2. The second kappa shape index (κ2) is 7.09. The first-order valence-corrected chi connectivity index (χ1v) is 10.9. The number of fused-ring (bicyclic) bond motifs is 1. The van der Waals surface area contributed by atoms with Gasteiger partial charge in [0.1, 0.15) is 19.3 Å². The average Bonchev–Trinajstić information content (AvgIpc) is 3.33. The van der Waals surface area contributed by atoms with Gasteiger partial charge in [-0.15, -0.1) is 0 Å². The highest BCUT2D eigenvalue weighted by molar-refractivity contribution is 8.14. The van der Waals surface area contributed by atoms with E-state index in [2.05, 4.69) is 10.3 Å². The highest BCUT2D eigenvalue weighted by Gasteiger charge is 2.40. The summed E-state index contributed by atoms with van der Waals surface area (Å²) in [4.78, 5) is 16.9. The second-order valence-electron chi connectivity index (χ2n) is 6.10. The van der Waals surface area contributed by atoms with Crippen molar-refractivity contribution in [1.29, 1.82) is 0 Å². The molecule has 3 aliphatic rings. The van der Waals surface area contributed by atoms with Crippen molar-refractivity contribution in [1.82, 2.24) is 9.62 Å². The largest absolute Gasteiger partial charge is 0.486 e. The molecule has 0 unspecified atom stereocenters. The van der Waals surface area contributed by atoms with Crippen molar-refractivity contribution in [2.24, 2.45) is 4.99 Å². The maximum absolute atomic E-state index is 13.1. The molecule has 1 aromatic rings. The topological polar surface area (TPSA) is 97.3 Å². The van der Waals surface area contributed by atoms with Crippen LogP contribution in [-0.2, 0) is 14.8 Å². The number of sulfonamides is 1. The lowest BCUT2D eigenvalue weighted by molar-refractivity contribution is -0.122. The number of amides is 1. The molecule has 1 aromatic carbocycles. The predicted octanol–water partition coefficient (Wildman–Crippen LogP) is 0.830. The van der Waals surface area contributed by atoms with Crippen molar-refractivity contribution in [2.45, 2.75) is 23.8 Å². The van der Waals surface area contributed by atoms with Gasteiger partial charge < -0.3 is 14.8 Å². The molecule has 1 N–H and O–H groups in total. The number of nitrogens with one attached hydrogen (secondary N) is 1. The van der Waals surface area contributed by atoms with E-state index in [1.165, 1.54) is 28.2 Å². The Morgan fingerprint density at radius 2 is 2.08 bits per heavy atom. The molecule has 4 rings (SSSR count). The third-order valence-electron chi connectivity index (χ3n) is 4.44. The molecule has 3 aliphatic heterocycles. The number of carbonyl (C=O) groups is 1. The highest BCUT2D eigenvalue weighted by atomic mass is 32.2. The number of aliphatic imine (C=N–C) groups is 1. The molecule has 0 bridgehead atoms. The van der Waals surface area contributed by atoms with Gasteiger partial charge in [0.05, 0.1) is 11.4 Å². The maximum Gasteiger partial charge on any atom is 0.244 e. The lowest BCUT2D eigenvalue weighted by Crippen LogP contribution is -2.46. The summed E-state index contributed by atoms with van der Waals surface area (Å²) in [6, 6.07) is 3.83. The number of hydrogen-bond donors (Lipinski definition) is 1. The summed E-state index contributed by atoms with van der Waals surface area (Å²) < 4.78 is 38.4. The van der Waals surface area contributed by atoms with Crippen LogP contribution in [0.15, 0.2) is 28.1 Å². The second-order valence-corrected chi connectivity index (χ2v) is 9.08. The first-order valence-electron chi connectivity index (χ1n) is 8.45. The van der Waals surface area contributed by atoms with Crippen molar-refractivity contribution in [3.05, 3.63) is 18.2 Å². The van der Waals surface area contributed by atoms with Crippen LogP contribution >= 0.6 is 11.8 Å². The lowest BCUT2D eigenvalue weighted by atomic mass is 10.2. The summed E-state index contributed by atoms with van der Waals surface area (Å²) in [6.07, 6.45) is 1.13. The monoisotopic (exact) mass is 397 g/mol. The number of thioether (sulfide) groups is 1. The van der Waals surface area contributed by atoms with Crippen molar-refractivity contribution in [2.75, 3.05) is 32.1 Å². The van der Waals surface area contributed by atoms with E-state index in [1.807, 2.05) is 0 Å². The van der Waals surface area contributed by atoms with Crippen molar-refractivity contribution < 1.29 is 22.7 Å². The molecule has 140 valence electrons. The highest BCUT2D eigenvalue weighted by Crippen LogP contribution is 2.34. The Balaban J connectivity index is 1.57. The molecule has 0 saturated carbocycles. The fourth-order valence-corrected chi connectivity index (χ4v) is 5.61. The summed E-state index contributed by atoms with van der Waals surface area (Å²) in [5.41, 5.74) is 0. The van der Waals surface area contributed by atoms with E-state index in [1.54, 1.807) is 6.07 Å². The summed E-state index contributed by atoms with van der Waals surface area (Å²) in [6.45, 7) is 1.80. The quantitative estimate of drug-likeness (QED) is 0.811. The van der Waals surface area contributed by atoms with Gasteiger partial charge in [0.25, 0.3) is 0 Å². The molecule has 1 fully saturated rings. The van der Waals surface area contributed by atoms with Crippen molar-refractivity contribution in [3.8, 4) is 11.5 Å². The van der Waals surface area contributed by atoms with Crippen molar-refractivity contribution in [3.63, 3.8) is 0 Å². The Kier molecular flexibility index (Phi) is 4.80. The van der Waals surface area contributed by atoms with Gasteiger partial charge >= 0.3 is 0 Å². The maximum atomic E-state index is 13.1. The Morgan fingerprint density at radius 3 is 2.85 bits per heavy atom. The number of hydrogen-bond acceptors (Lipinski definition) is 7. The summed E-state index contributed by atoms with van der Waals surface area (Å²) in [5.74, 6) is 1.45. The van der Waals surface area contributed by atoms with Gasteiger partial charge in [0.15, 0.2) is 16.7 Å². The molecule has 0 spiro atoms. The standard InChI is InChI=1S/C16H19N3O5S2/c20-15(18-16-17-5-9-25-16)12-2-1-6-19(12)26(21,22)11-3-4-13-14(10-11)24-8-7-23-13/h3-4,10,12H,1-2,5-9H2,(H,17,18,20)/t12-/m1/s1. The Morgan fingerprint density at radius 1 is 1.27 bits per heavy atom. The van der Waals surface area contributed by atoms with Crippen LogP contribution in [0.5, 0.6) is 11.5 Å². The molecule has 10 heteroatoms. The van der Waals surface area contributed by atoms with Crippen molar-refractivity contribution >= 4 is 32.9 Å². The molecule has 0 aromatic heterocycles. The zero-order valence-electron chi connectivity index (χ0n) is 14.0. The van der Waals surface area contributed by atoms with Crippen LogP contribution in [0.3, 0.4) is 0 Å². The Labute approximate surface area is 156 Å². The molecule has 1 amide bonds. The van der Waals surface area contributed by atoms with Gasteiger partial charge in [-0.25, -0.2) is 8.42 Å². The average molecular weight is 397 g/mol. The number of benzene rings is 1. The zero-order valence-corrected chi connectivity index (χ0v) is 15.6. The third-order valence-corrected chi connectivity index (χ3v) is 7.24. The van der Waals surface area contributed by atoms with E-state index in [0.29, 0.717) is 55.8 Å². The lowest BCUT2D eigenvalue weighted by Gasteiger charge is -2.24. The van der Waals surface area contributed by atoms with Gasteiger partial charge in [-0.2, -0.15) is 4.31 Å². The fraction of sp³-hybridized carbons (Fsp3) is 0.500. The van der Waals surface area contributed by atoms with E-state index in [-0.39, 0.29) is 10.8 Å². The minimum Gasteiger partial charge on any atom is -0.486 e. The molecule has 0 aliphatic carbocycles. The van der Waals surface area contributed by atoms with Gasteiger partial charge in [-0.3, -0.25) is 9.79 Å². The molecule has 0 radical (unpaired) electrons. The van der Waals surface area contributed by atoms with E-state index in [4.69, 9.17) is 9.47 Å². The van der Waals surface area contributed by atoms with Crippen LogP contribution in [0.1, 0.15) is 12.8 Å². The van der Waals surface area contributed by atoms with Crippen LogP contribution in [0.2, 0.25) is 0 Å². The molecule has 1 saturated heterocycles.